The molecule has 0 aromatic carbocycles. The SMILES string of the molecule is CCC1CCCC2CCC(C)CC12. The van der Waals surface area contributed by atoms with Gasteiger partial charge >= 0.3 is 0 Å². The Kier molecular flexibility index (Phi) is 2.96. The Bertz CT molecular complexity index is 155. The molecule has 2 aliphatic carbocycles. The van der Waals surface area contributed by atoms with Crippen LogP contribution >= 0.6 is 0 Å². The lowest BCUT2D eigenvalue weighted by molar-refractivity contribution is 0.0766. The van der Waals surface area contributed by atoms with Gasteiger partial charge in [-0.2, -0.15) is 0 Å². The summed E-state index contributed by atoms with van der Waals surface area (Å²) < 4.78 is 0. The van der Waals surface area contributed by atoms with Crippen molar-refractivity contribution in [1.29, 1.82) is 0 Å². The van der Waals surface area contributed by atoms with E-state index in [0.717, 1.165) is 23.7 Å². The lowest BCUT2D eigenvalue weighted by Crippen LogP contribution is -2.33. The maximum atomic E-state index is 2.46. The van der Waals surface area contributed by atoms with Crippen LogP contribution in [0.25, 0.3) is 0 Å². The first kappa shape index (κ1) is 9.55. The largest absolute Gasteiger partial charge is 0.0651 e. The predicted molar refractivity (Wildman–Crippen MR) is 57.6 cm³/mol. The van der Waals surface area contributed by atoms with Gasteiger partial charge in [-0.15, -0.1) is 0 Å². The van der Waals surface area contributed by atoms with Gasteiger partial charge in [0.2, 0.25) is 0 Å². The molecule has 2 saturated carbocycles. The number of fused-ring (bicyclic) bond motifs is 1. The molecule has 0 heteroatoms. The minimum absolute atomic E-state index is 1.02. The van der Waals surface area contributed by atoms with Crippen LogP contribution in [0.3, 0.4) is 0 Å². The van der Waals surface area contributed by atoms with Gasteiger partial charge in [-0.25, -0.2) is 0 Å². The molecule has 0 bridgehead atoms. The van der Waals surface area contributed by atoms with Crippen LogP contribution in [0.1, 0.15) is 58.8 Å². The maximum Gasteiger partial charge on any atom is -0.0355 e. The molecular weight excluding hydrogens is 156 g/mol. The van der Waals surface area contributed by atoms with Gasteiger partial charge in [-0.1, -0.05) is 46.0 Å². The highest BCUT2D eigenvalue weighted by Crippen LogP contribution is 2.46. The van der Waals surface area contributed by atoms with E-state index in [1.54, 1.807) is 19.3 Å². The quantitative estimate of drug-likeness (QED) is 0.566. The van der Waals surface area contributed by atoms with Crippen LogP contribution < -0.4 is 0 Å². The van der Waals surface area contributed by atoms with Gasteiger partial charge in [0, 0.05) is 0 Å². The van der Waals surface area contributed by atoms with Crippen LogP contribution in [-0.4, -0.2) is 0 Å². The smallest absolute Gasteiger partial charge is 0.0355 e. The van der Waals surface area contributed by atoms with Gasteiger partial charge < -0.3 is 0 Å². The molecule has 0 amide bonds. The zero-order valence-corrected chi connectivity index (χ0v) is 9.26. The second-order valence-corrected chi connectivity index (χ2v) is 5.44. The van der Waals surface area contributed by atoms with E-state index in [1.165, 1.54) is 25.7 Å². The van der Waals surface area contributed by atoms with Crippen molar-refractivity contribution in [2.24, 2.45) is 23.7 Å². The highest BCUT2D eigenvalue weighted by Gasteiger charge is 2.35. The molecule has 2 fully saturated rings. The molecule has 4 unspecified atom stereocenters. The maximum absolute atomic E-state index is 2.46. The van der Waals surface area contributed by atoms with Gasteiger partial charge in [0.25, 0.3) is 0 Å². The molecule has 0 aromatic rings. The summed E-state index contributed by atoms with van der Waals surface area (Å²) in [6.45, 7) is 4.85. The van der Waals surface area contributed by atoms with E-state index in [0.29, 0.717) is 0 Å². The van der Waals surface area contributed by atoms with Crippen molar-refractivity contribution in [3.05, 3.63) is 0 Å². The summed E-state index contributed by atoms with van der Waals surface area (Å²) in [5.74, 6) is 4.34. The summed E-state index contributed by atoms with van der Waals surface area (Å²) in [6, 6.07) is 0. The Morgan fingerprint density at radius 1 is 1.08 bits per heavy atom. The second-order valence-electron chi connectivity index (χ2n) is 5.44. The zero-order valence-electron chi connectivity index (χ0n) is 9.26. The molecule has 0 nitrogen and oxygen atoms in total. The van der Waals surface area contributed by atoms with Crippen LogP contribution in [-0.2, 0) is 0 Å². The fraction of sp³-hybridized carbons (Fsp3) is 1.00. The monoisotopic (exact) mass is 180 g/mol. The highest BCUT2D eigenvalue weighted by atomic mass is 14.4. The van der Waals surface area contributed by atoms with Crippen molar-refractivity contribution in [1.82, 2.24) is 0 Å². The Labute approximate surface area is 83.1 Å². The van der Waals surface area contributed by atoms with Crippen LogP contribution in [0, 0.1) is 23.7 Å². The van der Waals surface area contributed by atoms with Gasteiger partial charge in [-0.3, -0.25) is 0 Å². The summed E-state index contributed by atoms with van der Waals surface area (Å²) in [5, 5.41) is 0. The fourth-order valence-electron chi connectivity index (χ4n) is 3.79. The Balaban J connectivity index is 2.01. The van der Waals surface area contributed by atoms with Crippen molar-refractivity contribution in [3.8, 4) is 0 Å². The molecule has 2 aliphatic rings. The summed E-state index contributed by atoms with van der Waals surface area (Å²) in [4.78, 5) is 0. The zero-order chi connectivity index (χ0) is 9.26. The van der Waals surface area contributed by atoms with Crippen molar-refractivity contribution in [2.45, 2.75) is 58.8 Å². The van der Waals surface area contributed by atoms with E-state index in [1.807, 2.05) is 0 Å². The fourth-order valence-corrected chi connectivity index (χ4v) is 3.79. The van der Waals surface area contributed by atoms with Crippen molar-refractivity contribution in [3.63, 3.8) is 0 Å². The molecule has 13 heavy (non-hydrogen) atoms. The average molecular weight is 180 g/mol. The summed E-state index contributed by atoms with van der Waals surface area (Å²) in [6.07, 6.45) is 10.6. The van der Waals surface area contributed by atoms with Gasteiger partial charge in [0.1, 0.15) is 0 Å². The molecule has 0 aliphatic heterocycles. The Morgan fingerprint density at radius 3 is 2.69 bits per heavy atom. The number of hydrogen-bond donors (Lipinski definition) is 0. The molecule has 0 radical (unpaired) electrons. The molecule has 0 spiro atoms. The lowest BCUT2D eigenvalue weighted by Gasteiger charge is -2.43. The van der Waals surface area contributed by atoms with Crippen molar-refractivity contribution in [2.75, 3.05) is 0 Å². The third-order valence-electron chi connectivity index (χ3n) is 4.59. The third kappa shape index (κ3) is 1.92. The summed E-state index contributed by atoms with van der Waals surface area (Å²) in [7, 11) is 0. The van der Waals surface area contributed by atoms with E-state index in [9.17, 15) is 0 Å². The standard InChI is InChI=1S/C13H24/c1-3-11-5-4-6-12-8-7-10(2)9-13(11)12/h10-13H,3-9H2,1-2H3. The summed E-state index contributed by atoms with van der Waals surface area (Å²) in [5.41, 5.74) is 0. The number of rotatable bonds is 1. The van der Waals surface area contributed by atoms with E-state index >= 15 is 0 Å². The normalized spacial score (nSPS) is 45.7. The molecular formula is C13H24. The first-order valence-corrected chi connectivity index (χ1v) is 6.31. The lowest BCUT2D eigenvalue weighted by atomic mass is 9.63. The van der Waals surface area contributed by atoms with Crippen molar-refractivity contribution < 1.29 is 0 Å². The van der Waals surface area contributed by atoms with Gasteiger partial charge in [-0.05, 0) is 36.5 Å². The molecule has 0 saturated heterocycles. The topological polar surface area (TPSA) is 0 Å². The predicted octanol–water partition coefficient (Wildman–Crippen LogP) is 4.25. The van der Waals surface area contributed by atoms with Crippen LogP contribution in [0.2, 0.25) is 0 Å². The molecule has 2 rings (SSSR count). The summed E-state index contributed by atoms with van der Waals surface area (Å²) >= 11 is 0. The number of hydrogen-bond acceptors (Lipinski definition) is 0. The van der Waals surface area contributed by atoms with Gasteiger partial charge in [0.05, 0.1) is 0 Å². The van der Waals surface area contributed by atoms with Crippen molar-refractivity contribution >= 4 is 0 Å². The van der Waals surface area contributed by atoms with E-state index < -0.39 is 0 Å². The van der Waals surface area contributed by atoms with E-state index in [4.69, 9.17) is 0 Å². The Hall–Kier alpha value is 0. The molecule has 0 aromatic heterocycles. The minimum atomic E-state index is 1.02. The Morgan fingerprint density at radius 2 is 1.92 bits per heavy atom. The molecule has 76 valence electrons. The average Bonchev–Trinajstić information content (AvgIpc) is 2.17. The van der Waals surface area contributed by atoms with E-state index in [-0.39, 0.29) is 0 Å². The first-order chi connectivity index (χ1) is 6.31. The second kappa shape index (κ2) is 4.02. The molecule has 0 heterocycles. The third-order valence-corrected chi connectivity index (χ3v) is 4.59. The highest BCUT2D eigenvalue weighted by molar-refractivity contribution is 4.86. The molecule has 0 N–H and O–H groups in total. The first-order valence-electron chi connectivity index (χ1n) is 6.31. The van der Waals surface area contributed by atoms with Crippen LogP contribution in [0.15, 0.2) is 0 Å². The van der Waals surface area contributed by atoms with Crippen LogP contribution in [0.4, 0.5) is 0 Å². The van der Waals surface area contributed by atoms with Crippen LogP contribution in [0.5, 0.6) is 0 Å². The van der Waals surface area contributed by atoms with Gasteiger partial charge in [0.15, 0.2) is 0 Å². The van der Waals surface area contributed by atoms with E-state index in [2.05, 4.69) is 13.8 Å². The molecule has 4 atom stereocenters. The minimum Gasteiger partial charge on any atom is -0.0651 e.